The van der Waals surface area contributed by atoms with Crippen molar-refractivity contribution in [2.45, 2.75) is 25.8 Å². The average molecular weight is 454 g/mol. The van der Waals surface area contributed by atoms with Crippen LogP contribution in [0.3, 0.4) is 0 Å². The first-order chi connectivity index (χ1) is 15.7. The number of nitrogens with zero attached hydrogens (tertiary/aromatic N) is 1. The summed E-state index contributed by atoms with van der Waals surface area (Å²) in [5, 5.41) is 8.03. The van der Waals surface area contributed by atoms with Gasteiger partial charge >= 0.3 is 6.03 Å². The number of urea groups is 1. The Hall–Kier alpha value is -4.08. The molecule has 0 spiro atoms. The van der Waals surface area contributed by atoms with Gasteiger partial charge in [-0.1, -0.05) is 18.2 Å². The number of hydrogen-bond donors (Lipinski definition) is 3. The van der Waals surface area contributed by atoms with Crippen molar-refractivity contribution in [1.29, 1.82) is 0 Å². The Balaban J connectivity index is 1.71. The van der Waals surface area contributed by atoms with Crippen LogP contribution in [0.5, 0.6) is 11.5 Å². The van der Waals surface area contributed by atoms with Crippen molar-refractivity contribution in [3.8, 4) is 11.5 Å². The van der Waals surface area contributed by atoms with E-state index in [2.05, 4.69) is 16.0 Å². The molecule has 174 valence electrons. The maximum Gasteiger partial charge on any atom is 0.325 e. The third-order valence-corrected chi connectivity index (χ3v) is 5.09. The van der Waals surface area contributed by atoms with Crippen molar-refractivity contribution >= 4 is 35.1 Å². The molecule has 33 heavy (non-hydrogen) atoms. The maximum atomic E-state index is 12.5. The van der Waals surface area contributed by atoms with Gasteiger partial charge in [0.1, 0.15) is 17.0 Å². The van der Waals surface area contributed by atoms with E-state index >= 15 is 0 Å². The molecule has 1 aliphatic heterocycles. The third kappa shape index (κ3) is 5.22. The zero-order chi connectivity index (χ0) is 24.2. The number of imide groups is 1. The van der Waals surface area contributed by atoms with Crippen LogP contribution in [-0.2, 0) is 9.59 Å². The molecule has 1 fully saturated rings. The molecule has 1 aliphatic rings. The second kappa shape index (κ2) is 9.60. The van der Waals surface area contributed by atoms with Gasteiger partial charge in [0.2, 0.25) is 5.91 Å². The fourth-order valence-corrected chi connectivity index (χ4v) is 3.32. The van der Waals surface area contributed by atoms with Crippen LogP contribution >= 0.6 is 0 Å². The molecule has 0 bridgehead atoms. The number of anilines is 2. The van der Waals surface area contributed by atoms with Crippen LogP contribution in [0.4, 0.5) is 16.2 Å². The summed E-state index contributed by atoms with van der Waals surface area (Å²) in [6, 6.07) is 11.2. The zero-order valence-electron chi connectivity index (χ0n) is 18.9. The highest BCUT2D eigenvalue weighted by molar-refractivity contribution is 6.07. The Kier molecular flexibility index (Phi) is 6.86. The topological polar surface area (TPSA) is 126 Å². The van der Waals surface area contributed by atoms with Crippen molar-refractivity contribution in [2.24, 2.45) is 0 Å². The van der Waals surface area contributed by atoms with Crippen LogP contribution < -0.4 is 25.4 Å². The predicted octanol–water partition coefficient (Wildman–Crippen LogP) is 2.62. The smallest absolute Gasteiger partial charge is 0.325 e. The summed E-state index contributed by atoms with van der Waals surface area (Å²) in [7, 11) is 2.86. The quantitative estimate of drug-likeness (QED) is 0.527. The van der Waals surface area contributed by atoms with E-state index < -0.39 is 23.4 Å². The molecular weight excluding hydrogens is 428 g/mol. The van der Waals surface area contributed by atoms with E-state index in [4.69, 9.17) is 9.47 Å². The maximum absolute atomic E-state index is 12.5. The molecule has 3 N–H and O–H groups in total. The summed E-state index contributed by atoms with van der Waals surface area (Å²) >= 11 is 0. The molecule has 1 saturated heterocycles. The van der Waals surface area contributed by atoms with Gasteiger partial charge in [0.05, 0.1) is 25.6 Å². The molecule has 0 saturated carbocycles. The standard InChI is InChI=1S/C23H26N4O6/c1-23(2)21(30)27(22(31)26-23)11-10-19(28)24-15-12-18(33-4)16(13-17(15)32-3)25-20(29)14-8-6-5-7-9-14/h5-9,12-13H,10-11H2,1-4H3,(H,24,28)(H,25,29)(H,26,31). The van der Waals surface area contributed by atoms with E-state index in [1.54, 1.807) is 38.1 Å². The monoisotopic (exact) mass is 454 g/mol. The summed E-state index contributed by atoms with van der Waals surface area (Å²) in [6.07, 6.45) is -0.104. The molecule has 0 aliphatic carbocycles. The van der Waals surface area contributed by atoms with Crippen molar-refractivity contribution < 1.29 is 28.7 Å². The molecule has 0 aromatic heterocycles. The van der Waals surface area contributed by atoms with Crippen LogP contribution in [0, 0.1) is 0 Å². The minimum atomic E-state index is -0.996. The molecule has 10 heteroatoms. The van der Waals surface area contributed by atoms with E-state index in [0.29, 0.717) is 28.4 Å². The minimum absolute atomic E-state index is 0.0649. The first-order valence-electron chi connectivity index (χ1n) is 10.2. The van der Waals surface area contributed by atoms with Gasteiger partial charge in [-0.25, -0.2) is 4.79 Å². The molecular formula is C23H26N4O6. The SMILES string of the molecule is COc1cc(NC(=O)c2ccccc2)c(OC)cc1NC(=O)CCN1C(=O)NC(C)(C)C1=O. The number of ether oxygens (including phenoxy) is 2. The number of nitrogens with one attached hydrogen (secondary N) is 3. The number of carbonyl (C=O) groups excluding carboxylic acids is 4. The summed E-state index contributed by atoms with van der Waals surface area (Å²) < 4.78 is 10.7. The van der Waals surface area contributed by atoms with E-state index in [1.807, 2.05) is 6.07 Å². The molecule has 0 unspecified atom stereocenters. The lowest BCUT2D eigenvalue weighted by Gasteiger charge is -2.17. The van der Waals surface area contributed by atoms with Gasteiger partial charge in [0.25, 0.3) is 11.8 Å². The van der Waals surface area contributed by atoms with Gasteiger partial charge in [-0.15, -0.1) is 0 Å². The highest BCUT2D eigenvalue weighted by atomic mass is 16.5. The molecule has 0 atom stereocenters. The largest absolute Gasteiger partial charge is 0.494 e. The highest BCUT2D eigenvalue weighted by Crippen LogP contribution is 2.36. The fourth-order valence-electron chi connectivity index (χ4n) is 3.32. The van der Waals surface area contributed by atoms with E-state index in [9.17, 15) is 19.2 Å². The number of hydrogen-bond acceptors (Lipinski definition) is 6. The van der Waals surface area contributed by atoms with Crippen LogP contribution in [0.2, 0.25) is 0 Å². The van der Waals surface area contributed by atoms with Crippen molar-refractivity contribution in [3.63, 3.8) is 0 Å². The molecule has 1 heterocycles. The van der Waals surface area contributed by atoms with E-state index in [0.717, 1.165) is 4.90 Å². The first-order valence-corrected chi connectivity index (χ1v) is 10.2. The lowest BCUT2D eigenvalue weighted by molar-refractivity contribution is -0.130. The summed E-state index contributed by atoms with van der Waals surface area (Å²) in [5.74, 6) is -0.543. The predicted molar refractivity (Wildman–Crippen MR) is 122 cm³/mol. The van der Waals surface area contributed by atoms with Gasteiger partial charge in [0, 0.05) is 30.7 Å². The Morgan fingerprint density at radius 1 is 0.970 bits per heavy atom. The van der Waals surface area contributed by atoms with Gasteiger partial charge < -0.3 is 25.4 Å². The van der Waals surface area contributed by atoms with Crippen LogP contribution in [-0.4, -0.2) is 55.0 Å². The van der Waals surface area contributed by atoms with Gasteiger partial charge in [-0.05, 0) is 26.0 Å². The molecule has 10 nitrogen and oxygen atoms in total. The van der Waals surface area contributed by atoms with Crippen LogP contribution in [0.1, 0.15) is 30.6 Å². The van der Waals surface area contributed by atoms with Crippen LogP contribution in [0.15, 0.2) is 42.5 Å². The van der Waals surface area contributed by atoms with Crippen molar-refractivity contribution in [1.82, 2.24) is 10.2 Å². The second-order valence-electron chi connectivity index (χ2n) is 7.88. The summed E-state index contributed by atoms with van der Waals surface area (Å²) in [4.78, 5) is 50.3. The second-order valence-corrected chi connectivity index (χ2v) is 7.88. The highest BCUT2D eigenvalue weighted by Gasteiger charge is 2.44. The third-order valence-electron chi connectivity index (χ3n) is 5.09. The summed E-state index contributed by atoms with van der Waals surface area (Å²) in [6.45, 7) is 3.13. The molecule has 5 amide bonds. The molecule has 3 rings (SSSR count). The van der Waals surface area contributed by atoms with Crippen molar-refractivity contribution in [3.05, 3.63) is 48.0 Å². The van der Waals surface area contributed by atoms with Gasteiger partial charge in [0.15, 0.2) is 0 Å². The first kappa shape index (κ1) is 23.6. The minimum Gasteiger partial charge on any atom is -0.494 e. The fraction of sp³-hybridized carbons (Fsp3) is 0.304. The lowest BCUT2D eigenvalue weighted by atomic mass is 10.1. The van der Waals surface area contributed by atoms with E-state index in [-0.39, 0.29) is 18.9 Å². The molecule has 2 aromatic carbocycles. The zero-order valence-corrected chi connectivity index (χ0v) is 18.9. The number of benzene rings is 2. The molecule has 2 aromatic rings. The number of rotatable bonds is 8. The summed E-state index contributed by atoms with van der Waals surface area (Å²) in [5.41, 5.74) is 0.154. The van der Waals surface area contributed by atoms with Crippen molar-refractivity contribution in [2.75, 3.05) is 31.4 Å². The van der Waals surface area contributed by atoms with Gasteiger partial charge in [-0.2, -0.15) is 0 Å². The number of amides is 5. The Bertz CT molecular complexity index is 1080. The normalized spacial score (nSPS) is 14.5. The van der Waals surface area contributed by atoms with E-state index in [1.165, 1.54) is 26.4 Å². The Morgan fingerprint density at radius 2 is 1.55 bits per heavy atom. The van der Waals surface area contributed by atoms with Crippen LogP contribution in [0.25, 0.3) is 0 Å². The number of carbonyl (C=O) groups is 4. The Labute approximate surface area is 191 Å². The number of methoxy groups -OCH3 is 2. The lowest BCUT2D eigenvalue weighted by Crippen LogP contribution is -2.40. The molecule has 0 radical (unpaired) electrons. The Morgan fingerprint density at radius 3 is 2.06 bits per heavy atom. The van der Waals surface area contributed by atoms with Gasteiger partial charge in [-0.3, -0.25) is 19.3 Å². The average Bonchev–Trinajstić information content (AvgIpc) is 2.99.